The summed E-state index contributed by atoms with van der Waals surface area (Å²) in [5.74, 6) is 1.40. The fourth-order valence-corrected chi connectivity index (χ4v) is 3.06. The summed E-state index contributed by atoms with van der Waals surface area (Å²) in [5, 5.41) is 4.12. The molecular formula is C24H25N3O5. The third kappa shape index (κ3) is 5.43. The number of ether oxygens (including phenoxy) is 3. The summed E-state index contributed by atoms with van der Waals surface area (Å²) in [4.78, 5) is 19.6. The Hall–Kier alpha value is -3.86. The number of benzene rings is 2. The van der Waals surface area contributed by atoms with Gasteiger partial charge < -0.3 is 18.7 Å². The van der Waals surface area contributed by atoms with Gasteiger partial charge in [0.1, 0.15) is 11.5 Å². The molecule has 3 aromatic rings. The first kappa shape index (κ1) is 22.8. The zero-order chi connectivity index (χ0) is 23.1. The van der Waals surface area contributed by atoms with Gasteiger partial charge in [-0.2, -0.15) is 4.98 Å². The highest BCUT2D eigenvalue weighted by Gasteiger charge is 2.16. The van der Waals surface area contributed by atoms with E-state index in [4.69, 9.17) is 25.3 Å². The van der Waals surface area contributed by atoms with Crippen LogP contribution in [0.1, 0.15) is 33.3 Å². The second kappa shape index (κ2) is 10.4. The van der Waals surface area contributed by atoms with Crippen LogP contribution in [-0.4, -0.2) is 35.4 Å². The molecule has 0 atom stereocenters. The lowest BCUT2D eigenvalue weighted by molar-refractivity contribution is -0.145. The topological polar surface area (TPSA) is 88.0 Å². The molecule has 1 aromatic heterocycles. The minimum absolute atomic E-state index is 0.0342. The summed E-state index contributed by atoms with van der Waals surface area (Å²) in [7, 11) is 0. The first-order valence-corrected chi connectivity index (χ1v) is 10.4. The summed E-state index contributed by atoms with van der Waals surface area (Å²) >= 11 is 0. The van der Waals surface area contributed by atoms with Crippen LogP contribution in [0.3, 0.4) is 0 Å². The molecule has 0 spiro atoms. The number of hydrogen-bond acceptors (Lipinski definition) is 7. The van der Waals surface area contributed by atoms with E-state index < -0.39 is 5.97 Å². The Morgan fingerprint density at radius 1 is 1.19 bits per heavy atom. The van der Waals surface area contributed by atoms with Gasteiger partial charge in [0, 0.05) is 11.1 Å². The lowest BCUT2D eigenvalue weighted by Gasteiger charge is -2.11. The Labute approximate surface area is 186 Å². The van der Waals surface area contributed by atoms with Crippen LogP contribution < -0.4 is 9.47 Å². The van der Waals surface area contributed by atoms with Gasteiger partial charge in [0.25, 0.3) is 5.89 Å². The van der Waals surface area contributed by atoms with Crippen LogP contribution in [0.15, 0.2) is 40.9 Å². The van der Waals surface area contributed by atoms with E-state index in [0.717, 1.165) is 11.1 Å². The van der Waals surface area contributed by atoms with Crippen molar-refractivity contribution in [2.24, 2.45) is 0 Å². The minimum Gasteiger partial charge on any atom is -0.502 e. The van der Waals surface area contributed by atoms with Gasteiger partial charge in [-0.25, -0.2) is 9.64 Å². The fraction of sp³-hybridized carbons (Fsp3) is 0.333. The summed E-state index contributed by atoms with van der Waals surface area (Å²) in [6.45, 7) is 15.2. The number of esters is 1. The van der Waals surface area contributed by atoms with Crippen LogP contribution in [0.4, 0.5) is 5.69 Å². The number of hydrogen-bond donors (Lipinski definition) is 0. The van der Waals surface area contributed by atoms with E-state index in [0.29, 0.717) is 47.5 Å². The van der Waals surface area contributed by atoms with E-state index in [-0.39, 0.29) is 12.7 Å². The lowest BCUT2D eigenvalue weighted by atomic mass is 10.0. The standard InChI is InChI=1S/C24H25N3O5/c1-6-16-12-18(30-14-22(28)29-7-2)9-10-19(16)23-26-24(32-27-23)17-8-11-21(31-15(3)4)20(13-17)25-5/h8-13,15H,6-7,14H2,1-4H3. The van der Waals surface area contributed by atoms with Crippen LogP contribution in [0.25, 0.3) is 27.7 Å². The third-order valence-electron chi connectivity index (χ3n) is 4.48. The maximum atomic E-state index is 11.5. The van der Waals surface area contributed by atoms with Gasteiger partial charge >= 0.3 is 5.97 Å². The van der Waals surface area contributed by atoms with Crippen molar-refractivity contribution in [3.63, 3.8) is 0 Å². The summed E-state index contributed by atoms with van der Waals surface area (Å²) < 4.78 is 21.5. The Morgan fingerprint density at radius 2 is 2.00 bits per heavy atom. The van der Waals surface area contributed by atoms with Crippen LogP contribution in [0.2, 0.25) is 0 Å². The van der Waals surface area contributed by atoms with E-state index in [1.165, 1.54) is 0 Å². The normalized spacial score (nSPS) is 10.6. The van der Waals surface area contributed by atoms with Gasteiger partial charge in [0.2, 0.25) is 11.5 Å². The lowest BCUT2D eigenvalue weighted by Crippen LogP contribution is -2.14. The molecule has 0 saturated heterocycles. The summed E-state index contributed by atoms with van der Waals surface area (Å²) in [5.41, 5.74) is 2.77. The first-order chi connectivity index (χ1) is 15.4. The van der Waals surface area contributed by atoms with E-state index >= 15 is 0 Å². The molecule has 0 amide bonds. The van der Waals surface area contributed by atoms with Crippen LogP contribution in [-0.2, 0) is 16.0 Å². The molecule has 32 heavy (non-hydrogen) atoms. The van der Waals surface area contributed by atoms with E-state index in [9.17, 15) is 4.79 Å². The molecule has 166 valence electrons. The van der Waals surface area contributed by atoms with Crippen molar-refractivity contribution in [1.82, 2.24) is 10.1 Å². The van der Waals surface area contributed by atoms with E-state index in [1.54, 1.807) is 31.2 Å². The Kier molecular flexibility index (Phi) is 7.45. The van der Waals surface area contributed by atoms with Crippen molar-refractivity contribution in [2.75, 3.05) is 13.2 Å². The average Bonchev–Trinajstić information content (AvgIpc) is 3.27. The molecule has 0 radical (unpaired) electrons. The number of nitrogens with zero attached hydrogens (tertiary/aromatic N) is 3. The first-order valence-electron chi connectivity index (χ1n) is 10.4. The maximum Gasteiger partial charge on any atom is 0.344 e. The molecule has 0 N–H and O–H groups in total. The smallest absolute Gasteiger partial charge is 0.344 e. The van der Waals surface area contributed by atoms with E-state index in [2.05, 4.69) is 15.0 Å². The van der Waals surface area contributed by atoms with Gasteiger partial charge in [-0.3, -0.25) is 0 Å². The summed E-state index contributed by atoms with van der Waals surface area (Å²) in [6.07, 6.45) is 0.673. The largest absolute Gasteiger partial charge is 0.502 e. The molecular weight excluding hydrogens is 410 g/mol. The Bertz CT molecular complexity index is 1130. The summed E-state index contributed by atoms with van der Waals surface area (Å²) in [6, 6.07) is 10.6. The molecule has 8 nitrogen and oxygen atoms in total. The second-order valence-corrected chi connectivity index (χ2v) is 7.15. The highest BCUT2D eigenvalue weighted by atomic mass is 16.6. The monoisotopic (exact) mass is 435 g/mol. The zero-order valence-electron chi connectivity index (χ0n) is 18.5. The Balaban J connectivity index is 1.83. The van der Waals surface area contributed by atoms with Crippen LogP contribution in [0, 0.1) is 6.57 Å². The van der Waals surface area contributed by atoms with Crippen molar-refractivity contribution >= 4 is 11.7 Å². The van der Waals surface area contributed by atoms with Gasteiger partial charge in [0.15, 0.2) is 6.61 Å². The molecule has 0 fully saturated rings. The molecule has 0 aliphatic carbocycles. The van der Waals surface area contributed by atoms with Crippen molar-refractivity contribution in [1.29, 1.82) is 0 Å². The molecule has 2 aromatic carbocycles. The molecule has 1 heterocycles. The molecule has 0 bridgehead atoms. The van der Waals surface area contributed by atoms with Crippen molar-refractivity contribution in [3.8, 4) is 34.3 Å². The number of carbonyl (C=O) groups is 1. The molecule has 0 aliphatic heterocycles. The average molecular weight is 435 g/mol. The molecule has 0 unspecified atom stereocenters. The van der Waals surface area contributed by atoms with Crippen LogP contribution >= 0.6 is 0 Å². The number of rotatable bonds is 9. The molecule has 0 aliphatic rings. The fourth-order valence-electron chi connectivity index (χ4n) is 3.06. The van der Waals surface area contributed by atoms with Gasteiger partial charge in [-0.15, -0.1) is 0 Å². The molecule has 3 rings (SSSR count). The van der Waals surface area contributed by atoms with Crippen LogP contribution in [0.5, 0.6) is 11.5 Å². The zero-order valence-corrected chi connectivity index (χ0v) is 18.5. The number of carbonyl (C=O) groups excluding carboxylic acids is 1. The highest BCUT2D eigenvalue weighted by molar-refractivity contribution is 5.71. The third-order valence-corrected chi connectivity index (χ3v) is 4.48. The number of aromatic nitrogens is 2. The van der Waals surface area contributed by atoms with Crippen molar-refractivity contribution in [3.05, 3.63) is 53.4 Å². The van der Waals surface area contributed by atoms with Gasteiger partial charge in [-0.05, 0) is 69.2 Å². The predicted molar refractivity (Wildman–Crippen MR) is 119 cm³/mol. The SMILES string of the molecule is [C-]#[N+]c1cc(-c2nc(-c3ccc(OCC(=O)OCC)cc3CC)no2)ccc1OC(C)C. The molecule has 0 saturated carbocycles. The van der Waals surface area contributed by atoms with E-state index in [1.807, 2.05) is 32.9 Å². The van der Waals surface area contributed by atoms with Crippen molar-refractivity contribution in [2.45, 2.75) is 40.2 Å². The van der Waals surface area contributed by atoms with Crippen molar-refractivity contribution < 1.29 is 23.5 Å². The number of aryl methyl sites for hydroxylation is 1. The quantitative estimate of drug-likeness (QED) is 0.335. The Morgan fingerprint density at radius 3 is 2.69 bits per heavy atom. The van der Waals surface area contributed by atoms with Gasteiger partial charge in [-0.1, -0.05) is 12.1 Å². The minimum atomic E-state index is -0.416. The highest BCUT2D eigenvalue weighted by Crippen LogP contribution is 2.34. The van der Waals surface area contributed by atoms with Gasteiger partial charge in [0.05, 0.1) is 19.3 Å². The second-order valence-electron chi connectivity index (χ2n) is 7.15. The molecule has 8 heteroatoms. The predicted octanol–water partition coefficient (Wildman–Crippen LogP) is 5.25. The maximum absolute atomic E-state index is 11.5.